The molecule has 4 nitrogen and oxygen atoms in total. The van der Waals surface area contributed by atoms with Gasteiger partial charge in [0.05, 0.1) is 7.11 Å². The van der Waals surface area contributed by atoms with Gasteiger partial charge in [0, 0.05) is 20.0 Å². The predicted octanol–water partition coefficient (Wildman–Crippen LogP) is 3.18. The molecule has 0 spiro atoms. The van der Waals surface area contributed by atoms with E-state index >= 15 is 0 Å². The molecule has 4 heteroatoms. The molecular formula is C18H30N2O2. The third-order valence-corrected chi connectivity index (χ3v) is 3.91. The van der Waals surface area contributed by atoms with Crippen molar-refractivity contribution in [3.8, 4) is 5.75 Å². The average molecular weight is 306 g/mol. The van der Waals surface area contributed by atoms with E-state index in [1.54, 1.807) is 7.11 Å². The van der Waals surface area contributed by atoms with Crippen LogP contribution in [-0.2, 0) is 11.3 Å². The maximum absolute atomic E-state index is 12.1. The zero-order valence-electron chi connectivity index (χ0n) is 14.4. The Hall–Kier alpha value is -1.55. The van der Waals surface area contributed by atoms with Gasteiger partial charge in [0.25, 0.3) is 0 Å². The highest BCUT2D eigenvalue weighted by Gasteiger charge is 2.11. The molecule has 1 aromatic rings. The molecule has 1 amide bonds. The summed E-state index contributed by atoms with van der Waals surface area (Å²) in [4.78, 5) is 14.0. The lowest BCUT2D eigenvalue weighted by Gasteiger charge is -2.19. The van der Waals surface area contributed by atoms with Gasteiger partial charge in [-0.1, -0.05) is 25.0 Å². The molecule has 1 rings (SSSR count). The number of nitrogens with zero attached hydrogens (tertiary/aromatic N) is 1. The first-order chi connectivity index (χ1) is 10.5. The van der Waals surface area contributed by atoms with Crippen LogP contribution < -0.4 is 10.5 Å². The van der Waals surface area contributed by atoms with E-state index in [0.717, 1.165) is 54.7 Å². The molecule has 0 fully saturated rings. The Morgan fingerprint density at radius 1 is 1.14 bits per heavy atom. The summed E-state index contributed by atoms with van der Waals surface area (Å²) < 4.78 is 5.38. The van der Waals surface area contributed by atoms with Gasteiger partial charge >= 0.3 is 0 Å². The summed E-state index contributed by atoms with van der Waals surface area (Å²) in [6, 6.07) is 4.19. The molecule has 2 N–H and O–H groups in total. The Morgan fingerprint density at radius 3 is 2.27 bits per heavy atom. The van der Waals surface area contributed by atoms with E-state index in [1.807, 2.05) is 25.8 Å². The highest BCUT2D eigenvalue weighted by Crippen LogP contribution is 2.24. The number of carbonyl (C=O) groups excluding carboxylic acids is 1. The topological polar surface area (TPSA) is 55.6 Å². The number of unbranched alkanes of at least 4 members (excludes halogenated alkanes) is 3. The zero-order chi connectivity index (χ0) is 16.5. The van der Waals surface area contributed by atoms with E-state index in [0.29, 0.717) is 13.0 Å². The Kier molecular flexibility index (Phi) is 7.96. The highest BCUT2D eigenvalue weighted by atomic mass is 16.5. The van der Waals surface area contributed by atoms with Gasteiger partial charge in [-0.3, -0.25) is 4.79 Å². The number of benzene rings is 1. The summed E-state index contributed by atoms with van der Waals surface area (Å²) in [6.07, 6.45) is 4.81. The first-order valence-electron chi connectivity index (χ1n) is 8.07. The maximum atomic E-state index is 12.1. The molecule has 0 radical (unpaired) electrons. The fourth-order valence-corrected chi connectivity index (χ4v) is 2.78. The lowest BCUT2D eigenvalue weighted by molar-refractivity contribution is -0.130. The largest absolute Gasteiger partial charge is 0.496 e. The van der Waals surface area contributed by atoms with E-state index in [-0.39, 0.29) is 5.91 Å². The quantitative estimate of drug-likeness (QED) is 0.713. The fourth-order valence-electron chi connectivity index (χ4n) is 2.78. The lowest BCUT2D eigenvalue weighted by atomic mass is 10.0. The summed E-state index contributed by atoms with van der Waals surface area (Å²) in [5, 5.41) is 0. The Bertz CT molecular complexity index is 463. The van der Waals surface area contributed by atoms with E-state index in [2.05, 4.69) is 12.1 Å². The van der Waals surface area contributed by atoms with E-state index in [4.69, 9.17) is 10.5 Å². The van der Waals surface area contributed by atoms with E-state index in [1.165, 1.54) is 0 Å². The van der Waals surface area contributed by atoms with Crippen LogP contribution in [0.2, 0.25) is 0 Å². The molecule has 0 atom stereocenters. The maximum Gasteiger partial charge on any atom is 0.222 e. The molecule has 0 saturated heterocycles. The van der Waals surface area contributed by atoms with E-state index < -0.39 is 0 Å². The number of methoxy groups -OCH3 is 1. The summed E-state index contributed by atoms with van der Waals surface area (Å²) in [5.74, 6) is 1.14. The number of rotatable bonds is 9. The predicted molar refractivity (Wildman–Crippen MR) is 91.1 cm³/mol. The van der Waals surface area contributed by atoms with Gasteiger partial charge < -0.3 is 15.4 Å². The van der Waals surface area contributed by atoms with Crippen molar-refractivity contribution < 1.29 is 9.53 Å². The van der Waals surface area contributed by atoms with Crippen molar-refractivity contribution in [3.05, 3.63) is 28.8 Å². The molecule has 0 aromatic heterocycles. The molecule has 124 valence electrons. The van der Waals surface area contributed by atoms with Crippen LogP contribution in [0.1, 0.15) is 48.8 Å². The minimum atomic E-state index is 0.207. The highest BCUT2D eigenvalue weighted by molar-refractivity contribution is 5.75. The van der Waals surface area contributed by atoms with Crippen molar-refractivity contribution >= 4 is 5.91 Å². The second-order valence-electron chi connectivity index (χ2n) is 5.97. The monoisotopic (exact) mass is 306 g/mol. The number of ether oxygens (including phenoxy) is 1. The van der Waals surface area contributed by atoms with Crippen LogP contribution in [-0.4, -0.2) is 31.5 Å². The molecule has 0 aliphatic carbocycles. The second kappa shape index (κ2) is 9.46. The minimum Gasteiger partial charge on any atom is -0.496 e. The normalized spacial score (nSPS) is 10.6. The van der Waals surface area contributed by atoms with Gasteiger partial charge in [0.2, 0.25) is 5.91 Å². The Balaban J connectivity index is 2.50. The van der Waals surface area contributed by atoms with Gasteiger partial charge in [0.1, 0.15) is 5.75 Å². The van der Waals surface area contributed by atoms with Crippen molar-refractivity contribution in [2.75, 3.05) is 20.7 Å². The third kappa shape index (κ3) is 5.68. The first kappa shape index (κ1) is 18.5. The van der Waals surface area contributed by atoms with Crippen molar-refractivity contribution in [1.29, 1.82) is 0 Å². The van der Waals surface area contributed by atoms with Crippen LogP contribution in [0.5, 0.6) is 5.75 Å². The fraction of sp³-hybridized carbons (Fsp3) is 0.611. The summed E-state index contributed by atoms with van der Waals surface area (Å²) in [7, 11) is 3.56. The number of hydrogen-bond donors (Lipinski definition) is 1. The summed E-state index contributed by atoms with van der Waals surface area (Å²) in [5.41, 5.74) is 8.84. The molecule has 0 saturated carbocycles. The van der Waals surface area contributed by atoms with Gasteiger partial charge in [-0.2, -0.15) is 0 Å². The number of amides is 1. The van der Waals surface area contributed by atoms with Gasteiger partial charge in [-0.15, -0.1) is 0 Å². The lowest BCUT2D eigenvalue weighted by Crippen LogP contribution is -2.26. The number of nitrogens with two attached hydrogens (primary N) is 1. The van der Waals surface area contributed by atoms with Gasteiger partial charge in [0.15, 0.2) is 0 Å². The molecule has 0 unspecified atom stereocenters. The standard InChI is InChI=1S/C18H30N2O2/c1-14-11-16(12-15(2)18(14)22-4)13-20(3)17(21)9-7-5-6-8-10-19/h11-12H,5-10,13,19H2,1-4H3. The minimum absolute atomic E-state index is 0.207. The van der Waals surface area contributed by atoms with Crippen LogP contribution in [0.3, 0.4) is 0 Å². The Labute approximate surface area is 134 Å². The molecule has 0 bridgehead atoms. The molecule has 0 heterocycles. The van der Waals surface area contributed by atoms with Gasteiger partial charge in [-0.25, -0.2) is 0 Å². The molecular weight excluding hydrogens is 276 g/mol. The van der Waals surface area contributed by atoms with Gasteiger partial charge in [-0.05, 0) is 49.9 Å². The molecule has 1 aromatic carbocycles. The average Bonchev–Trinajstić information content (AvgIpc) is 2.46. The van der Waals surface area contributed by atoms with Crippen molar-refractivity contribution in [2.45, 2.75) is 52.5 Å². The Morgan fingerprint density at radius 2 is 1.73 bits per heavy atom. The zero-order valence-corrected chi connectivity index (χ0v) is 14.4. The smallest absolute Gasteiger partial charge is 0.222 e. The van der Waals surface area contributed by atoms with Crippen LogP contribution in [0.25, 0.3) is 0 Å². The van der Waals surface area contributed by atoms with Crippen molar-refractivity contribution in [2.24, 2.45) is 5.73 Å². The van der Waals surface area contributed by atoms with Crippen molar-refractivity contribution in [3.63, 3.8) is 0 Å². The number of aryl methyl sites for hydroxylation is 2. The molecule has 22 heavy (non-hydrogen) atoms. The summed E-state index contributed by atoms with van der Waals surface area (Å²) >= 11 is 0. The van der Waals surface area contributed by atoms with Crippen LogP contribution >= 0.6 is 0 Å². The second-order valence-corrected chi connectivity index (χ2v) is 5.97. The van der Waals surface area contributed by atoms with Crippen LogP contribution in [0.15, 0.2) is 12.1 Å². The first-order valence-corrected chi connectivity index (χ1v) is 8.07. The van der Waals surface area contributed by atoms with Crippen molar-refractivity contribution in [1.82, 2.24) is 4.90 Å². The van der Waals surface area contributed by atoms with Crippen LogP contribution in [0, 0.1) is 13.8 Å². The van der Waals surface area contributed by atoms with E-state index in [9.17, 15) is 4.79 Å². The number of hydrogen-bond acceptors (Lipinski definition) is 3. The van der Waals surface area contributed by atoms with Crippen LogP contribution in [0.4, 0.5) is 0 Å². The molecule has 0 aliphatic heterocycles. The third-order valence-electron chi connectivity index (χ3n) is 3.91. The molecule has 0 aliphatic rings. The number of carbonyl (C=O) groups is 1. The SMILES string of the molecule is COc1c(C)cc(CN(C)C(=O)CCCCCCN)cc1C. The summed E-state index contributed by atoms with van der Waals surface area (Å²) in [6.45, 7) is 5.46.